The third-order valence-corrected chi connectivity index (χ3v) is 4.74. The summed E-state index contributed by atoms with van der Waals surface area (Å²) in [4.78, 5) is 1.41. The van der Waals surface area contributed by atoms with Gasteiger partial charge in [-0.15, -0.1) is 11.8 Å². The number of methoxy groups -OCH3 is 1. The first-order chi connectivity index (χ1) is 9.86. The highest BCUT2D eigenvalue weighted by molar-refractivity contribution is 7.99. The maximum Gasteiger partial charge on any atom is 0.0713 e. The molecule has 0 amide bonds. The molecule has 104 valence electrons. The Morgan fingerprint density at radius 1 is 1.15 bits per heavy atom. The van der Waals surface area contributed by atoms with E-state index >= 15 is 0 Å². The number of nitrogens with one attached hydrogen (secondary N) is 1. The smallest absolute Gasteiger partial charge is 0.0713 e. The third kappa shape index (κ3) is 3.06. The van der Waals surface area contributed by atoms with Gasteiger partial charge in [-0.25, -0.2) is 0 Å². The molecule has 0 spiro atoms. The second-order valence-corrected chi connectivity index (χ2v) is 6.10. The van der Waals surface area contributed by atoms with Crippen molar-refractivity contribution in [3.8, 4) is 0 Å². The van der Waals surface area contributed by atoms with Gasteiger partial charge in [0.05, 0.1) is 6.61 Å². The molecule has 1 atom stereocenters. The SMILES string of the molecule is COCc1cccc(CNC2CSc3ccccc32)c1. The Morgan fingerprint density at radius 3 is 2.90 bits per heavy atom. The van der Waals surface area contributed by atoms with Gasteiger partial charge in [-0.2, -0.15) is 0 Å². The summed E-state index contributed by atoms with van der Waals surface area (Å²) in [5, 5.41) is 3.66. The molecule has 2 aromatic rings. The van der Waals surface area contributed by atoms with E-state index in [0.717, 1.165) is 12.3 Å². The van der Waals surface area contributed by atoms with E-state index in [1.54, 1.807) is 7.11 Å². The standard InChI is InChI=1S/C17H19NOS/c1-19-11-14-6-4-5-13(9-14)10-18-16-12-20-17-8-3-2-7-15(16)17/h2-9,16,18H,10-12H2,1H3. The predicted molar refractivity (Wildman–Crippen MR) is 83.9 cm³/mol. The molecule has 2 nitrogen and oxygen atoms in total. The Balaban J connectivity index is 1.64. The highest BCUT2D eigenvalue weighted by Gasteiger charge is 2.21. The lowest BCUT2D eigenvalue weighted by molar-refractivity contribution is 0.185. The molecule has 20 heavy (non-hydrogen) atoms. The monoisotopic (exact) mass is 285 g/mol. The maximum absolute atomic E-state index is 5.18. The summed E-state index contributed by atoms with van der Waals surface area (Å²) < 4.78 is 5.18. The Labute approximate surface area is 124 Å². The second-order valence-electron chi connectivity index (χ2n) is 5.04. The average Bonchev–Trinajstić information content (AvgIpc) is 2.89. The van der Waals surface area contributed by atoms with Crippen LogP contribution in [0, 0.1) is 0 Å². The minimum atomic E-state index is 0.460. The van der Waals surface area contributed by atoms with E-state index < -0.39 is 0 Å². The van der Waals surface area contributed by atoms with Crippen LogP contribution in [0.15, 0.2) is 53.4 Å². The van der Waals surface area contributed by atoms with Crippen molar-refractivity contribution in [2.24, 2.45) is 0 Å². The Bertz CT molecular complexity index is 585. The van der Waals surface area contributed by atoms with Gasteiger partial charge in [0, 0.05) is 30.3 Å². The fourth-order valence-electron chi connectivity index (χ4n) is 2.57. The molecule has 1 N–H and O–H groups in total. The number of hydrogen-bond acceptors (Lipinski definition) is 3. The third-order valence-electron chi connectivity index (χ3n) is 3.55. The first kappa shape index (κ1) is 13.7. The molecular formula is C17H19NOS. The van der Waals surface area contributed by atoms with Crippen LogP contribution in [0.5, 0.6) is 0 Å². The molecule has 0 fully saturated rings. The predicted octanol–water partition coefficient (Wildman–Crippen LogP) is 3.77. The molecule has 0 aliphatic carbocycles. The van der Waals surface area contributed by atoms with Gasteiger partial charge < -0.3 is 10.1 Å². The summed E-state index contributed by atoms with van der Waals surface area (Å²) in [5.74, 6) is 1.12. The lowest BCUT2D eigenvalue weighted by atomic mass is 10.1. The van der Waals surface area contributed by atoms with Crippen LogP contribution in [0.2, 0.25) is 0 Å². The van der Waals surface area contributed by atoms with E-state index in [-0.39, 0.29) is 0 Å². The number of fused-ring (bicyclic) bond motifs is 1. The van der Waals surface area contributed by atoms with Gasteiger partial charge in [-0.3, -0.25) is 0 Å². The fraction of sp³-hybridized carbons (Fsp3) is 0.294. The Morgan fingerprint density at radius 2 is 2.00 bits per heavy atom. The molecule has 0 saturated carbocycles. The van der Waals surface area contributed by atoms with Gasteiger partial charge in [0.1, 0.15) is 0 Å². The quantitative estimate of drug-likeness (QED) is 0.903. The molecule has 1 heterocycles. The second kappa shape index (κ2) is 6.44. The van der Waals surface area contributed by atoms with Gasteiger partial charge in [0.15, 0.2) is 0 Å². The van der Waals surface area contributed by atoms with Crippen molar-refractivity contribution in [1.82, 2.24) is 5.32 Å². The maximum atomic E-state index is 5.18. The average molecular weight is 285 g/mol. The van der Waals surface area contributed by atoms with Crippen molar-refractivity contribution in [3.63, 3.8) is 0 Å². The largest absolute Gasteiger partial charge is 0.380 e. The molecule has 0 saturated heterocycles. The van der Waals surface area contributed by atoms with Crippen molar-refractivity contribution < 1.29 is 4.74 Å². The Hall–Kier alpha value is -1.29. The summed E-state index contributed by atoms with van der Waals surface area (Å²) >= 11 is 1.94. The molecule has 0 aromatic heterocycles. The summed E-state index contributed by atoms with van der Waals surface area (Å²) in [5.41, 5.74) is 3.98. The molecule has 0 bridgehead atoms. The zero-order valence-electron chi connectivity index (χ0n) is 11.6. The fourth-order valence-corrected chi connectivity index (χ4v) is 3.76. The molecule has 1 aliphatic rings. The van der Waals surface area contributed by atoms with E-state index in [9.17, 15) is 0 Å². The first-order valence-electron chi connectivity index (χ1n) is 6.88. The lowest BCUT2D eigenvalue weighted by Gasteiger charge is -2.13. The van der Waals surface area contributed by atoms with E-state index in [1.807, 2.05) is 11.8 Å². The first-order valence-corrected chi connectivity index (χ1v) is 7.87. The molecule has 3 heteroatoms. The van der Waals surface area contributed by atoms with Crippen LogP contribution >= 0.6 is 11.8 Å². The van der Waals surface area contributed by atoms with Crippen molar-refractivity contribution in [2.75, 3.05) is 12.9 Å². The molecular weight excluding hydrogens is 266 g/mol. The van der Waals surface area contributed by atoms with E-state index in [2.05, 4.69) is 53.8 Å². The lowest BCUT2D eigenvalue weighted by Crippen LogP contribution is -2.20. The molecule has 1 unspecified atom stereocenters. The van der Waals surface area contributed by atoms with Gasteiger partial charge in [-0.1, -0.05) is 42.5 Å². The molecule has 3 rings (SSSR count). The highest BCUT2D eigenvalue weighted by Crippen LogP contribution is 2.37. The number of hydrogen-bond donors (Lipinski definition) is 1. The summed E-state index contributed by atoms with van der Waals surface area (Å²) in [6, 6.07) is 17.7. The van der Waals surface area contributed by atoms with Crippen LogP contribution in [0.25, 0.3) is 0 Å². The van der Waals surface area contributed by atoms with Crippen LogP contribution in [0.1, 0.15) is 22.7 Å². The summed E-state index contributed by atoms with van der Waals surface area (Å²) in [7, 11) is 1.73. The van der Waals surface area contributed by atoms with Crippen molar-refractivity contribution >= 4 is 11.8 Å². The zero-order chi connectivity index (χ0) is 13.8. The van der Waals surface area contributed by atoms with E-state index in [0.29, 0.717) is 12.6 Å². The van der Waals surface area contributed by atoms with Crippen LogP contribution < -0.4 is 5.32 Å². The van der Waals surface area contributed by atoms with E-state index in [4.69, 9.17) is 4.74 Å². The van der Waals surface area contributed by atoms with Gasteiger partial charge in [0.25, 0.3) is 0 Å². The summed E-state index contributed by atoms with van der Waals surface area (Å²) in [6.45, 7) is 1.58. The Kier molecular flexibility index (Phi) is 4.41. The number of thioether (sulfide) groups is 1. The van der Waals surface area contributed by atoms with Crippen LogP contribution in [0.3, 0.4) is 0 Å². The normalized spacial score (nSPS) is 17.1. The van der Waals surface area contributed by atoms with E-state index in [1.165, 1.54) is 21.6 Å². The molecule has 2 aromatic carbocycles. The van der Waals surface area contributed by atoms with Gasteiger partial charge in [0.2, 0.25) is 0 Å². The van der Waals surface area contributed by atoms with Crippen molar-refractivity contribution in [1.29, 1.82) is 0 Å². The van der Waals surface area contributed by atoms with Crippen molar-refractivity contribution in [3.05, 3.63) is 65.2 Å². The number of benzene rings is 2. The van der Waals surface area contributed by atoms with Crippen LogP contribution in [-0.4, -0.2) is 12.9 Å². The van der Waals surface area contributed by atoms with Gasteiger partial charge >= 0.3 is 0 Å². The van der Waals surface area contributed by atoms with Gasteiger partial charge in [-0.05, 0) is 22.8 Å². The van der Waals surface area contributed by atoms with Crippen LogP contribution in [-0.2, 0) is 17.9 Å². The summed E-state index contributed by atoms with van der Waals surface area (Å²) in [6.07, 6.45) is 0. The van der Waals surface area contributed by atoms with Crippen molar-refractivity contribution in [2.45, 2.75) is 24.1 Å². The minimum Gasteiger partial charge on any atom is -0.380 e. The number of rotatable bonds is 5. The van der Waals surface area contributed by atoms with Crippen LogP contribution in [0.4, 0.5) is 0 Å². The number of ether oxygens (including phenoxy) is 1. The minimum absolute atomic E-state index is 0.460. The zero-order valence-corrected chi connectivity index (χ0v) is 12.5. The topological polar surface area (TPSA) is 21.3 Å². The molecule has 1 aliphatic heterocycles. The molecule has 0 radical (unpaired) electrons. The highest BCUT2D eigenvalue weighted by atomic mass is 32.2.